The van der Waals surface area contributed by atoms with Crippen molar-refractivity contribution in [2.75, 3.05) is 24.5 Å². The van der Waals surface area contributed by atoms with Crippen LogP contribution in [0.3, 0.4) is 0 Å². The molecule has 184 valence electrons. The Balaban J connectivity index is 1.78. The Morgan fingerprint density at radius 2 is 1.97 bits per heavy atom. The molecule has 1 aliphatic heterocycles. The van der Waals surface area contributed by atoms with Crippen LogP contribution in [0.5, 0.6) is 0 Å². The molecule has 2 heterocycles. The number of pyridine rings is 1. The summed E-state index contributed by atoms with van der Waals surface area (Å²) in [5.41, 5.74) is 2.26. The van der Waals surface area contributed by atoms with Crippen LogP contribution in [-0.4, -0.2) is 59.9 Å². The molecule has 10 nitrogen and oxygen atoms in total. The predicted molar refractivity (Wildman–Crippen MR) is 131 cm³/mol. The smallest absolute Gasteiger partial charge is 0.294 e. The third-order valence-corrected chi connectivity index (χ3v) is 7.46. The molecule has 11 heteroatoms. The van der Waals surface area contributed by atoms with Crippen LogP contribution < -0.4 is 4.90 Å². The number of nitro benzene ring substituents is 1. The summed E-state index contributed by atoms with van der Waals surface area (Å²) < 4.78 is 33.2. The second-order valence-corrected chi connectivity index (χ2v) is 10.1. The number of nitrogens with zero attached hydrogens (tertiary/aromatic N) is 4. The average Bonchev–Trinajstić information content (AvgIpc) is 2.84. The predicted octanol–water partition coefficient (Wildman–Crippen LogP) is 3.54. The van der Waals surface area contributed by atoms with Gasteiger partial charge in [0.05, 0.1) is 21.4 Å². The first kappa shape index (κ1) is 24.6. The molecule has 1 saturated heterocycles. The largest absolute Gasteiger partial charge is 0.349 e. The van der Waals surface area contributed by atoms with Crippen molar-refractivity contribution in [3.8, 4) is 0 Å². The number of hydrogen-bond acceptors (Lipinski definition) is 7. The van der Waals surface area contributed by atoms with Crippen LogP contribution in [0, 0.1) is 17.0 Å². The van der Waals surface area contributed by atoms with Crippen molar-refractivity contribution >= 4 is 38.9 Å². The zero-order valence-electron chi connectivity index (χ0n) is 19.4. The van der Waals surface area contributed by atoms with Crippen LogP contribution in [0.15, 0.2) is 53.4 Å². The second-order valence-electron chi connectivity index (χ2n) is 8.67. The minimum absolute atomic E-state index is 0.00948. The van der Waals surface area contributed by atoms with Gasteiger partial charge in [0.25, 0.3) is 15.8 Å². The van der Waals surface area contributed by atoms with E-state index in [-0.39, 0.29) is 22.5 Å². The van der Waals surface area contributed by atoms with E-state index in [4.69, 9.17) is 4.98 Å². The fourth-order valence-corrected chi connectivity index (χ4v) is 5.33. The van der Waals surface area contributed by atoms with Gasteiger partial charge in [0, 0.05) is 43.1 Å². The van der Waals surface area contributed by atoms with E-state index >= 15 is 0 Å². The zero-order chi connectivity index (χ0) is 25.3. The van der Waals surface area contributed by atoms with E-state index in [9.17, 15) is 27.9 Å². The number of hydrogen-bond donors (Lipinski definition) is 1. The number of non-ortho nitro benzene ring substituents is 1. The van der Waals surface area contributed by atoms with Gasteiger partial charge in [-0.3, -0.25) is 19.5 Å². The summed E-state index contributed by atoms with van der Waals surface area (Å²) in [6.07, 6.45) is 1.47. The molecule has 0 aliphatic carbocycles. The Labute approximate surface area is 203 Å². The molecule has 35 heavy (non-hydrogen) atoms. The van der Waals surface area contributed by atoms with Crippen LogP contribution in [0.2, 0.25) is 0 Å². The third kappa shape index (κ3) is 4.96. The SMILES string of the molecule is CCC(c1cc(S(=O)(=O)O)ccc1C)C1CN(C=O)CCN1c1ccc2cc([N+](=O)[O-])ccc2n1. The highest BCUT2D eigenvalue weighted by molar-refractivity contribution is 7.85. The lowest BCUT2D eigenvalue weighted by Gasteiger charge is -2.45. The molecule has 1 N–H and O–H groups in total. The maximum absolute atomic E-state index is 11.8. The second kappa shape index (κ2) is 9.59. The number of nitro groups is 1. The molecule has 0 bridgehead atoms. The fourth-order valence-electron chi connectivity index (χ4n) is 4.81. The number of carbonyl (C=O) groups is 1. The maximum Gasteiger partial charge on any atom is 0.294 e. The molecular weight excluding hydrogens is 472 g/mol. The molecule has 0 spiro atoms. The quantitative estimate of drug-likeness (QED) is 0.226. The molecule has 0 saturated carbocycles. The summed E-state index contributed by atoms with van der Waals surface area (Å²) in [7, 11) is -4.37. The van der Waals surface area contributed by atoms with Gasteiger partial charge in [0.1, 0.15) is 5.82 Å². The zero-order valence-corrected chi connectivity index (χ0v) is 20.2. The molecule has 1 aromatic heterocycles. The van der Waals surface area contributed by atoms with E-state index in [0.29, 0.717) is 42.8 Å². The van der Waals surface area contributed by atoms with Crippen LogP contribution in [-0.2, 0) is 14.9 Å². The molecule has 0 radical (unpaired) electrons. The van der Waals surface area contributed by atoms with Crippen molar-refractivity contribution in [3.05, 3.63) is 69.8 Å². The number of rotatable bonds is 7. The molecular formula is C24H26N4O6S. The van der Waals surface area contributed by atoms with Gasteiger partial charge in [-0.25, -0.2) is 4.98 Å². The number of carbonyl (C=O) groups excluding carboxylic acids is 1. The lowest BCUT2D eigenvalue weighted by Crippen LogP contribution is -2.55. The number of benzene rings is 2. The van der Waals surface area contributed by atoms with Crippen molar-refractivity contribution in [2.24, 2.45) is 0 Å². The maximum atomic E-state index is 11.8. The van der Waals surface area contributed by atoms with Crippen LogP contribution in [0.25, 0.3) is 10.9 Å². The summed E-state index contributed by atoms with van der Waals surface area (Å²) in [4.78, 5) is 30.7. The van der Waals surface area contributed by atoms with Gasteiger partial charge in [-0.1, -0.05) is 13.0 Å². The average molecular weight is 499 g/mol. The van der Waals surface area contributed by atoms with Gasteiger partial charge < -0.3 is 9.80 Å². The third-order valence-electron chi connectivity index (χ3n) is 6.61. The number of aromatic nitrogens is 1. The van der Waals surface area contributed by atoms with Gasteiger partial charge in [-0.05, 0) is 54.8 Å². The first-order chi connectivity index (χ1) is 16.6. The van der Waals surface area contributed by atoms with Crippen molar-refractivity contribution in [3.63, 3.8) is 0 Å². The Bertz CT molecular complexity index is 1390. The highest BCUT2D eigenvalue weighted by Gasteiger charge is 2.35. The summed E-state index contributed by atoms with van der Waals surface area (Å²) in [6.45, 7) is 5.31. The van der Waals surface area contributed by atoms with Gasteiger partial charge >= 0.3 is 0 Å². The van der Waals surface area contributed by atoms with Crippen LogP contribution >= 0.6 is 0 Å². The fraction of sp³-hybridized carbons (Fsp3) is 0.333. The van der Waals surface area contributed by atoms with Gasteiger partial charge in [-0.15, -0.1) is 0 Å². The first-order valence-corrected chi connectivity index (χ1v) is 12.7. The monoisotopic (exact) mass is 498 g/mol. The lowest BCUT2D eigenvalue weighted by atomic mass is 9.84. The molecule has 4 rings (SSSR count). The Kier molecular flexibility index (Phi) is 6.73. The van der Waals surface area contributed by atoms with E-state index in [1.807, 2.05) is 19.9 Å². The number of amides is 1. The van der Waals surface area contributed by atoms with Crippen LogP contribution in [0.4, 0.5) is 11.5 Å². The van der Waals surface area contributed by atoms with Crippen molar-refractivity contribution < 1.29 is 22.7 Å². The van der Waals surface area contributed by atoms with Gasteiger partial charge in [-0.2, -0.15) is 8.42 Å². The molecule has 1 fully saturated rings. The molecule has 3 aromatic rings. The molecule has 2 unspecified atom stereocenters. The number of anilines is 1. The Morgan fingerprint density at radius 1 is 1.20 bits per heavy atom. The van der Waals surface area contributed by atoms with Crippen molar-refractivity contribution in [1.82, 2.24) is 9.88 Å². The minimum atomic E-state index is -4.37. The summed E-state index contributed by atoms with van der Waals surface area (Å²) in [5.74, 6) is 0.512. The van der Waals surface area contributed by atoms with E-state index < -0.39 is 15.0 Å². The molecule has 1 amide bonds. The Morgan fingerprint density at radius 3 is 2.63 bits per heavy atom. The van der Waals surface area contributed by atoms with E-state index in [2.05, 4.69) is 4.90 Å². The van der Waals surface area contributed by atoms with Crippen molar-refractivity contribution in [2.45, 2.75) is 37.1 Å². The standard InChI is InChI=1S/C24H26N4O6S/c1-3-20(21-13-19(35(32,33)34)7-4-16(21)2)23-14-26(15-29)10-11-27(23)24-9-5-17-12-18(28(30)31)6-8-22(17)25-24/h4-9,12-13,15,20,23H,3,10-11,14H2,1-2H3,(H,32,33,34). The highest BCUT2D eigenvalue weighted by Crippen LogP contribution is 2.35. The van der Waals surface area contributed by atoms with E-state index in [0.717, 1.165) is 17.5 Å². The van der Waals surface area contributed by atoms with E-state index in [1.165, 1.54) is 24.3 Å². The first-order valence-electron chi connectivity index (χ1n) is 11.2. The number of piperazine rings is 1. The lowest BCUT2D eigenvalue weighted by molar-refractivity contribution is -0.384. The van der Waals surface area contributed by atoms with Crippen LogP contribution in [0.1, 0.15) is 30.4 Å². The Hall–Kier alpha value is -3.57. The molecule has 2 atom stereocenters. The minimum Gasteiger partial charge on any atom is -0.349 e. The molecule has 2 aromatic carbocycles. The summed E-state index contributed by atoms with van der Waals surface area (Å²) in [5, 5.41) is 11.8. The summed E-state index contributed by atoms with van der Waals surface area (Å²) in [6, 6.07) is 12.5. The van der Waals surface area contributed by atoms with E-state index in [1.54, 1.807) is 23.1 Å². The molecule has 1 aliphatic rings. The van der Waals surface area contributed by atoms with Gasteiger partial charge in [0.15, 0.2) is 0 Å². The number of aryl methyl sites for hydroxylation is 1. The normalized spacial score (nSPS) is 17.4. The number of fused-ring (bicyclic) bond motifs is 1. The van der Waals surface area contributed by atoms with Crippen molar-refractivity contribution in [1.29, 1.82) is 0 Å². The van der Waals surface area contributed by atoms with Gasteiger partial charge in [0.2, 0.25) is 6.41 Å². The topological polar surface area (TPSA) is 134 Å². The summed E-state index contributed by atoms with van der Waals surface area (Å²) >= 11 is 0. The highest BCUT2D eigenvalue weighted by atomic mass is 32.2.